The van der Waals surface area contributed by atoms with Crippen LogP contribution < -0.4 is 10.2 Å². The van der Waals surface area contributed by atoms with E-state index in [0.29, 0.717) is 18.8 Å². The summed E-state index contributed by atoms with van der Waals surface area (Å²) in [6.45, 7) is 7.70. The molecular formula is C14H25N3O2S. The van der Waals surface area contributed by atoms with Gasteiger partial charge in [0.25, 0.3) is 0 Å². The van der Waals surface area contributed by atoms with Crippen molar-refractivity contribution in [3.63, 3.8) is 0 Å². The number of nitrogens with one attached hydrogen (secondary N) is 1. The first kappa shape index (κ1) is 15.7. The van der Waals surface area contributed by atoms with E-state index < -0.39 is 0 Å². The van der Waals surface area contributed by atoms with E-state index in [1.165, 1.54) is 4.88 Å². The molecule has 20 heavy (non-hydrogen) atoms. The van der Waals surface area contributed by atoms with Gasteiger partial charge in [0.15, 0.2) is 5.13 Å². The number of hydrogen-bond donors (Lipinski definition) is 1. The molecule has 0 aromatic carbocycles. The lowest BCUT2D eigenvalue weighted by molar-refractivity contribution is 0.121. The summed E-state index contributed by atoms with van der Waals surface area (Å²) in [5.74, 6) is 0. The molecule has 1 unspecified atom stereocenters. The van der Waals surface area contributed by atoms with E-state index in [0.717, 1.165) is 36.9 Å². The summed E-state index contributed by atoms with van der Waals surface area (Å²) in [5, 5.41) is 4.55. The van der Waals surface area contributed by atoms with Gasteiger partial charge in [0.2, 0.25) is 0 Å². The molecule has 0 amide bonds. The van der Waals surface area contributed by atoms with Gasteiger partial charge in [-0.3, -0.25) is 0 Å². The predicted molar refractivity (Wildman–Crippen MR) is 82.4 cm³/mol. The fourth-order valence-electron chi connectivity index (χ4n) is 2.28. The third-order valence-electron chi connectivity index (χ3n) is 3.47. The van der Waals surface area contributed by atoms with Crippen LogP contribution in [-0.4, -0.2) is 44.4 Å². The number of thiazole rings is 1. The average Bonchev–Trinajstić information content (AvgIpc) is 3.03. The lowest BCUT2D eigenvalue weighted by atomic mass is 10.3. The number of hydrogen-bond acceptors (Lipinski definition) is 6. The van der Waals surface area contributed by atoms with E-state index in [-0.39, 0.29) is 0 Å². The van der Waals surface area contributed by atoms with Gasteiger partial charge in [-0.15, -0.1) is 11.3 Å². The normalized spacial score (nSPS) is 19.2. The van der Waals surface area contributed by atoms with Gasteiger partial charge in [0.05, 0.1) is 18.4 Å². The summed E-state index contributed by atoms with van der Waals surface area (Å²) in [5.41, 5.74) is 1.06. The molecule has 2 rings (SSSR count). The molecule has 6 heteroatoms. The van der Waals surface area contributed by atoms with Crippen LogP contribution in [0.25, 0.3) is 0 Å². The molecule has 1 aromatic rings. The smallest absolute Gasteiger partial charge is 0.186 e. The van der Waals surface area contributed by atoms with Gasteiger partial charge < -0.3 is 19.7 Å². The second-order valence-electron chi connectivity index (χ2n) is 5.43. The highest BCUT2D eigenvalue weighted by Crippen LogP contribution is 2.30. The maximum atomic E-state index is 5.42. The van der Waals surface area contributed by atoms with Crippen LogP contribution in [0.1, 0.15) is 30.8 Å². The molecule has 0 bridgehead atoms. The SMILES string of the molecule is COCc1nc(N2CCC(OC)C2)sc1CNC(C)C. The second-order valence-corrected chi connectivity index (χ2v) is 6.49. The number of anilines is 1. The van der Waals surface area contributed by atoms with Crippen molar-refractivity contribution in [3.8, 4) is 0 Å². The molecule has 1 fully saturated rings. The van der Waals surface area contributed by atoms with E-state index in [1.54, 1.807) is 25.6 Å². The third-order valence-corrected chi connectivity index (χ3v) is 4.63. The van der Waals surface area contributed by atoms with E-state index in [4.69, 9.17) is 14.5 Å². The summed E-state index contributed by atoms with van der Waals surface area (Å²) in [4.78, 5) is 8.34. The van der Waals surface area contributed by atoms with Gasteiger partial charge in [0.1, 0.15) is 0 Å². The first-order valence-electron chi connectivity index (χ1n) is 7.12. The van der Waals surface area contributed by atoms with Gasteiger partial charge in [-0.25, -0.2) is 4.98 Å². The van der Waals surface area contributed by atoms with Crippen LogP contribution in [0.3, 0.4) is 0 Å². The Hall–Kier alpha value is -0.690. The lowest BCUT2D eigenvalue weighted by Crippen LogP contribution is -2.22. The van der Waals surface area contributed by atoms with Crippen LogP contribution in [0, 0.1) is 0 Å². The standard InChI is InChI=1S/C14H25N3O2S/c1-10(2)15-7-13-12(9-18-3)16-14(20-13)17-6-5-11(8-17)19-4/h10-11,15H,5-9H2,1-4H3. The zero-order valence-corrected chi connectivity index (χ0v) is 13.6. The van der Waals surface area contributed by atoms with E-state index >= 15 is 0 Å². The first-order valence-corrected chi connectivity index (χ1v) is 7.94. The van der Waals surface area contributed by atoms with Gasteiger partial charge in [-0.1, -0.05) is 13.8 Å². The number of rotatable bonds is 7. The monoisotopic (exact) mass is 299 g/mol. The van der Waals surface area contributed by atoms with Crippen molar-refractivity contribution in [1.29, 1.82) is 0 Å². The minimum atomic E-state index is 0.335. The van der Waals surface area contributed by atoms with Gasteiger partial charge >= 0.3 is 0 Å². The van der Waals surface area contributed by atoms with Crippen LogP contribution in [0.5, 0.6) is 0 Å². The van der Waals surface area contributed by atoms with Crippen LogP contribution in [-0.2, 0) is 22.6 Å². The van der Waals surface area contributed by atoms with Gasteiger partial charge in [-0.2, -0.15) is 0 Å². The summed E-state index contributed by atoms with van der Waals surface area (Å²) in [7, 11) is 3.50. The van der Waals surface area contributed by atoms with Gasteiger partial charge in [0, 0.05) is 44.8 Å². The molecule has 1 N–H and O–H groups in total. The number of aromatic nitrogens is 1. The molecule has 1 aliphatic rings. The largest absolute Gasteiger partial charge is 0.380 e. The quantitative estimate of drug-likeness (QED) is 0.834. The van der Waals surface area contributed by atoms with Crippen LogP contribution in [0.2, 0.25) is 0 Å². The highest BCUT2D eigenvalue weighted by atomic mass is 32.1. The molecule has 1 saturated heterocycles. The molecule has 0 aliphatic carbocycles. The number of methoxy groups -OCH3 is 2. The van der Waals surface area contributed by atoms with Crippen molar-refractivity contribution in [1.82, 2.24) is 10.3 Å². The zero-order valence-electron chi connectivity index (χ0n) is 12.8. The average molecular weight is 299 g/mol. The molecule has 1 aromatic heterocycles. The van der Waals surface area contributed by atoms with Crippen LogP contribution >= 0.6 is 11.3 Å². The molecular weight excluding hydrogens is 274 g/mol. The molecule has 0 spiro atoms. The number of ether oxygens (including phenoxy) is 2. The third kappa shape index (κ3) is 3.91. The molecule has 0 radical (unpaired) electrons. The predicted octanol–water partition coefficient (Wildman–Crippen LogP) is 2.01. The molecule has 5 nitrogen and oxygen atoms in total. The summed E-state index contributed by atoms with van der Waals surface area (Å²) in [6.07, 6.45) is 1.41. The highest BCUT2D eigenvalue weighted by molar-refractivity contribution is 7.15. The van der Waals surface area contributed by atoms with Crippen molar-refractivity contribution in [2.75, 3.05) is 32.2 Å². The summed E-state index contributed by atoms with van der Waals surface area (Å²) >= 11 is 1.77. The first-order chi connectivity index (χ1) is 9.63. The zero-order chi connectivity index (χ0) is 14.5. The minimum absolute atomic E-state index is 0.335. The maximum absolute atomic E-state index is 5.42. The highest BCUT2D eigenvalue weighted by Gasteiger charge is 2.25. The fourth-order valence-corrected chi connectivity index (χ4v) is 3.33. The molecule has 0 saturated carbocycles. The topological polar surface area (TPSA) is 46.6 Å². The Kier molecular flexibility index (Phi) is 5.77. The van der Waals surface area contributed by atoms with Crippen molar-refractivity contribution in [2.45, 2.75) is 45.6 Å². The van der Waals surface area contributed by atoms with E-state index in [9.17, 15) is 0 Å². The Balaban J connectivity index is 2.08. The Bertz CT molecular complexity index is 423. The van der Waals surface area contributed by atoms with E-state index in [1.807, 2.05) is 0 Å². The fraction of sp³-hybridized carbons (Fsp3) is 0.786. The Morgan fingerprint density at radius 3 is 2.85 bits per heavy atom. The van der Waals surface area contributed by atoms with E-state index in [2.05, 4.69) is 24.1 Å². The summed E-state index contributed by atoms with van der Waals surface area (Å²) < 4.78 is 10.7. The lowest BCUT2D eigenvalue weighted by Gasteiger charge is -2.14. The minimum Gasteiger partial charge on any atom is -0.380 e. The van der Waals surface area contributed by atoms with Crippen molar-refractivity contribution < 1.29 is 9.47 Å². The van der Waals surface area contributed by atoms with Crippen molar-refractivity contribution in [3.05, 3.63) is 10.6 Å². The molecule has 1 atom stereocenters. The second kappa shape index (κ2) is 7.36. The van der Waals surface area contributed by atoms with Crippen molar-refractivity contribution in [2.24, 2.45) is 0 Å². The van der Waals surface area contributed by atoms with Gasteiger partial charge in [-0.05, 0) is 6.42 Å². The maximum Gasteiger partial charge on any atom is 0.186 e. The molecule has 114 valence electrons. The Labute approximate surface area is 125 Å². The van der Waals surface area contributed by atoms with Crippen LogP contribution in [0.4, 0.5) is 5.13 Å². The molecule has 1 aliphatic heterocycles. The van der Waals surface area contributed by atoms with Crippen LogP contribution in [0.15, 0.2) is 0 Å². The summed E-state index contributed by atoms with van der Waals surface area (Å²) in [6, 6.07) is 0.473. The van der Waals surface area contributed by atoms with Crippen molar-refractivity contribution >= 4 is 16.5 Å². The molecule has 2 heterocycles. The Morgan fingerprint density at radius 1 is 1.45 bits per heavy atom. The Morgan fingerprint density at radius 2 is 2.25 bits per heavy atom. The number of nitrogens with zero attached hydrogens (tertiary/aromatic N) is 2.